The monoisotopic (exact) mass is 650 g/mol. The van der Waals surface area contributed by atoms with Crippen molar-refractivity contribution in [3.63, 3.8) is 0 Å². The smallest absolute Gasteiger partial charge is 0.235 e. The van der Waals surface area contributed by atoms with Crippen LogP contribution < -0.4 is 9.48 Å². The Balaban J connectivity index is 1.20. The number of hydrogen-bond donors (Lipinski definition) is 0. The highest BCUT2D eigenvalue weighted by Crippen LogP contribution is 2.55. The van der Waals surface area contributed by atoms with Gasteiger partial charge in [0.05, 0.1) is 16.7 Å². The fraction of sp³-hybridized carbons (Fsp3) is 0.0208. The third-order valence-corrected chi connectivity index (χ3v) is 10.8. The lowest BCUT2D eigenvalue weighted by molar-refractivity contribution is 0.932. The van der Waals surface area contributed by atoms with Crippen LogP contribution in [0.15, 0.2) is 188 Å². The summed E-state index contributed by atoms with van der Waals surface area (Å²) in [5.41, 5.74) is 17.1. The molecular formula is C48H32N3+. The van der Waals surface area contributed by atoms with E-state index in [0.29, 0.717) is 0 Å². The second-order valence-electron chi connectivity index (χ2n) is 13.5. The number of rotatable bonds is 4. The largest absolute Gasteiger partial charge is 0.318 e. The molecular weight excluding hydrogens is 619 g/mol. The molecule has 2 aliphatic heterocycles. The van der Waals surface area contributed by atoms with Crippen LogP contribution in [0.5, 0.6) is 0 Å². The van der Waals surface area contributed by atoms with Gasteiger partial charge >= 0.3 is 0 Å². The van der Waals surface area contributed by atoms with E-state index in [1.54, 1.807) is 0 Å². The van der Waals surface area contributed by atoms with Gasteiger partial charge in [0.15, 0.2) is 0 Å². The molecule has 0 spiro atoms. The lowest BCUT2D eigenvalue weighted by Crippen LogP contribution is -2.43. The van der Waals surface area contributed by atoms with Crippen molar-refractivity contribution in [2.45, 2.75) is 6.04 Å². The number of anilines is 2. The second kappa shape index (κ2) is 10.9. The second-order valence-corrected chi connectivity index (χ2v) is 13.5. The number of nitrogens with zero attached hydrogens (tertiary/aromatic N) is 3. The summed E-state index contributed by atoms with van der Waals surface area (Å²) in [7, 11) is 0. The first-order valence-corrected chi connectivity index (χ1v) is 17.6. The predicted octanol–water partition coefficient (Wildman–Crippen LogP) is 11.9. The van der Waals surface area contributed by atoms with Gasteiger partial charge in [-0.3, -0.25) is 0 Å². The minimum atomic E-state index is 0.0216. The van der Waals surface area contributed by atoms with Gasteiger partial charge in [0, 0.05) is 46.3 Å². The molecule has 3 heteroatoms. The van der Waals surface area contributed by atoms with E-state index >= 15 is 0 Å². The average Bonchev–Trinajstić information content (AvgIpc) is 3.73. The zero-order valence-corrected chi connectivity index (χ0v) is 27.8. The zero-order valence-electron chi connectivity index (χ0n) is 27.8. The summed E-state index contributed by atoms with van der Waals surface area (Å²) in [5.74, 6) is 0. The van der Waals surface area contributed by atoms with Crippen LogP contribution in [0.4, 0.5) is 22.7 Å². The van der Waals surface area contributed by atoms with Crippen LogP contribution in [0.1, 0.15) is 5.56 Å². The summed E-state index contributed by atoms with van der Waals surface area (Å²) in [5, 5.41) is 2.55. The van der Waals surface area contributed by atoms with Crippen LogP contribution in [0.25, 0.3) is 55.3 Å². The molecule has 0 bridgehead atoms. The maximum Gasteiger partial charge on any atom is 0.235 e. The van der Waals surface area contributed by atoms with E-state index in [1.165, 1.54) is 83.7 Å². The van der Waals surface area contributed by atoms with Gasteiger partial charge in [-0.15, -0.1) is 0 Å². The van der Waals surface area contributed by atoms with Gasteiger partial charge in [-0.1, -0.05) is 127 Å². The van der Waals surface area contributed by atoms with Crippen molar-refractivity contribution in [3.8, 4) is 27.9 Å². The Bertz CT molecular complexity index is 2730. The molecule has 238 valence electrons. The van der Waals surface area contributed by atoms with Crippen LogP contribution in [0.2, 0.25) is 0 Å². The van der Waals surface area contributed by atoms with Crippen molar-refractivity contribution >= 4 is 55.8 Å². The molecule has 0 N–H and O–H groups in total. The highest BCUT2D eigenvalue weighted by molar-refractivity contribution is 6.25. The van der Waals surface area contributed by atoms with Crippen LogP contribution in [-0.2, 0) is 0 Å². The number of hydrogen-bond acceptors (Lipinski definition) is 1. The zero-order chi connectivity index (χ0) is 33.5. The molecule has 7 aromatic carbocycles. The highest BCUT2D eigenvalue weighted by Gasteiger charge is 2.49. The molecule has 0 saturated heterocycles. The topological polar surface area (TPSA) is 11.2 Å². The Morgan fingerprint density at radius 1 is 0.510 bits per heavy atom. The number of fused-ring (bicyclic) bond motifs is 9. The minimum absolute atomic E-state index is 0.0216. The summed E-state index contributed by atoms with van der Waals surface area (Å²) >= 11 is 0. The normalized spacial score (nSPS) is 15.6. The van der Waals surface area contributed by atoms with E-state index in [2.05, 4.69) is 202 Å². The number of benzene rings is 7. The molecule has 0 amide bonds. The summed E-state index contributed by atoms with van der Waals surface area (Å²) in [6.07, 6.45) is 6.93. The molecule has 0 radical (unpaired) electrons. The molecule has 0 fully saturated rings. The van der Waals surface area contributed by atoms with Gasteiger partial charge in [0.2, 0.25) is 17.1 Å². The Hall–Kier alpha value is -6.71. The minimum Gasteiger partial charge on any atom is -0.318 e. The first-order valence-electron chi connectivity index (χ1n) is 17.6. The molecule has 51 heavy (non-hydrogen) atoms. The summed E-state index contributed by atoms with van der Waals surface area (Å²) in [6.45, 7) is 0. The maximum atomic E-state index is 2.58. The Morgan fingerprint density at radius 3 is 1.90 bits per heavy atom. The molecule has 3 heterocycles. The van der Waals surface area contributed by atoms with Gasteiger partial charge in [0.25, 0.3) is 0 Å². The van der Waals surface area contributed by atoms with Gasteiger partial charge in [-0.25, -0.2) is 0 Å². The highest BCUT2D eigenvalue weighted by atomic mass is 15.3. The van der Waals surface area contributed by atoms with E-state index in [9.17, 15) is 0 Å². The number of allylic oxidation sites excluding steroid dienone is 2. The molecule has 3 nitrogen and oxygen atoms in total. The third-order valence-electron chi connectivity index (χ3n) is 10.8. The molecule has 1 unspecified atom stereocenters. The van der Waals surface area contributed by atoms with Crippen molar-refractivity contribution in [3.05, 3.63) is 194 Å². The summed E-state index contributed by atoms with van der Waals surface area (Å²) in [4.78, 5) is 2.58. The first kappa shape index (κ1) is 28.2. The van der Waals surface area contributed by atoms with E-state index in [-0.39, 0.29) is 6.04 Å². The van der Waals surface area contributed by atoms with Crippen LogP contribution >= 0.6 is 0 Å². The van der Waals surface area contributed by atoms with Crippen molar-refractivity contribution in [2.24, 2.45) is 0 Å². The predicted molar refractivity (Wildman–Crippen MR) is 214 cm³/mol. The van der Waals surface area contributed by atoms with Crippen LogP contribution in [0.3, 0.4) is 0 Å². The Labute approximate surface area is 296 Å². The molecule has 11 rings (SSSR count). The SMILES string of the molecule is C1=CC2=[N+](c3cc(-c4ccccc4)cc(-c4ccccc4)c3)c3ccccc3N3c4ccc5c6ccccc6n(-c6ccccc6)c5c4C(=C1)C23. The standard InChI is InChI=1S/C48H32N3/c1-4-15-32(16-5-1)34-29-35(33-17-6-2-7-18-33)31-37(30-34)49-42-24-12-13-25-43(42)51-44-28-27-39-38-21-10-11-23-41(38)50(36-19-8-3-9-20-36)48(39)46(44)40-22-14-26-45(49)47(40)51/h1-31,47H/q+1. The average molecular weight is 651 g/mol. The fourth-order valence-electron chi connectivity index (χ4n) is 8.68. The molecule has 1 aliphatic carbocycles. The molecule has 8 aromatic rings. The lowest BCUT2D eigenvalue weighted by Gasteiger charge is -2.32. The van der Waals surface area contributed by atoms with Crippen molar-refractivity contribution in [2.75, 3.05) is 4.90 Å². The lowest BCUT2D eigenvalue weighted by atomic mass is 9.91. The molecule has 1 aromatic heterocycles. The first-order chi connectivity index (χ1) is 25.3. The van der Waals surface area contributed by atoms with Crippen molar-refractivity contribution in [1.82, 2.24) is 9.14 Å². The van der Waals surface area contributed by atoms with Crippen molar-refractivity contribution in [1.29, 1.82) is 0 Å². The Kier molecular flexibility index (Phi) is 6.02. The van der Waals surface area contributed by atoms with Crippen molar-refractivity contribution < 1.29 is 0 Å². The molecule has 3 aliphatic rings. The van der Waals surface area contributed by atoms with Gasteiger partial charge in [-0.2, -0.15) is 4.58 Å². The number of aromatic nitrogens is 1. The molecule has 0 saturated carbocycles. The van der Waals surface area contributed by atoms with E-state index < -0.39 is 0 Å². The number of para-hydroxylation sites is 4. The van der Waals surface area contributed by atoms with Crippen LogP contribution in [-0.4, -0.2) is 16.3 Å². The van der Waals surface area contributed by atoms with Gasteiger partial charge < -0.3 is 9.47 Å². The fourth-order valence-corrected chi connectivity index (χ4v) is 8.68. The Morgan fingerprint density at radius 2 is 1.16 bits per heavy atom. The summed E-state index contributed by atoms with van der Waals surface area (Å²) in [6, 6.07) is 61.8. The molecule has 1 atom stereocenters. The van der Waals surface area contributed by atoms with E-state index in [4.69, 9.17) is 0 Å². The van der Waals surface area contributed by atoms with Crippen LogP contribution in [0, 0.1) is 0 Å². The third kappa shape index (κ3) is 4.09. The van der Waals surface area contributed by atoms with E-state index in [1.807, 2.05) is 0 Å². The van der Waals surface area contributed by atoms with Gasteiger partial charge in [0.1, 0.15) is 11.7 Å². The maximum absolute atomic E-state index is 2.58. The van der Waals surface area contributed by atoms with Gasteiger partial charge in [-0.05, 0) is 64.2 Å². The van der Waals surface area contributed by atoms with E-state index in [0.717, 1.165) is 5.69 Å². The summed E-state index contributed by atoms with van der Waals surface area (Å²) < 4.78 is 4.98. The quantitative estimate of drug-likeness (QED) is 0.173.